The van der Waals surface area contributed by atoms with Crippen molar-refractivity contribution in [2.24, 2.45) is 0 Å². The Balaban J connectivity index is 1.32. The maximum atomic E-state index is 13.1. The highest BCUT2D eigenvalue weighted by Gasteiger charge is 2.17. The summed E-state index contributed by atoms with van der Waals surface area (Å²) in [7, 11) is 0. The van der Waals surface area contributed by atoms with Crippen LogP contribution in [0.25, 0.3) is 0 Å². The molecular weight excluding hydrogens is 430 g/mol. The highest BCUT2D eigenvalue weighted by molar-refractivity contribution is 5.96. The molecule has 4 rings (SSSR count). The van der Waals surface area contributed by atoms with Gasteiger partial charge in [-0.15, -0.1) is 0 Å². The Labute approximate surface area is 208 Å². The SMILES string of the molecule is Cc1ccccc1Cc1ccccc1NC(=O)C(C)c1ccc(OCCCc2ccccc2)cc1. The summed E-state index contributed by atoms with van der Waals surface area (Å²) >= 11 is 0. The van der Waals surface area contributed by atoms with Crippen LogP contribution in [0, 0.1) is 6.92 Å². The van der Waals surface area contributed by atoms with Crippen LogP contribution in [-0.4, -0.2) is 12.5 Å². The monoisotopic (exact) mass is 463 g/mol. The highest BCUT2D eigenvalue weighted by Crippen LogP contribution is 2.25. The Morgan fingerprint density at radius 1 is 0.800 bits per heavy atom. The van der Waals surface area contributed by atoms with Crippen molar-refractivity contribution < 1.29 is 9.53 Å². The Morgan fingerprint density at radius 3 is 2.20 bits per heavy atom. The van der Waals surface area contributed by atoms with Gasteiger partial charge in [-0.2, -0.15) is 0 Å². The fourth-order valence-corrected chi connectivity index (χ4v) is 4.17. The number of hydrogen-bond donors (Lipinski definition) is 1. The van der Waals surface area contributed by atoms with Gasteiger partial charge in [0, 0.05) is 5.69 Å². The van der Waals surface area contributed by atoms with Gasteiger partial charge in [0.15, 0.2) is 0 Å². The lowest BCUT2D eigenvalue weighted by molar-refractivity contribution is -0.117. The van der Waals surface area contributed by atoms with Crippen LogP contribution < -0.4 is 10.1 Å². The van der Waals surface area contributed by atoms with Gasteiger partial charge in [-0.1, -0.05) is 84.9 Å². The fraction of sp³-hybridized carbons (Fsp3) is 0.219. The molecule has 4 aromatic carbocycles. The molecule has 0 saturated heterocycles. The Morgan fingerprint density at radius 2 is 1.46 bits per heavy atom. The van der Waals surface area contributed by atoms with Crippen LogP contribution in [0.1, 0.15) is 47.1 Å². The third kappa shape index (κ3) is 6.83. The number of ether oxygens (including phenoxy) is 1. The van der Waals surface area contributed by atoms with Crippen molar-refractivity contribution in [3.63, 3.8) is 0 Å². The number of aryl methyl sites for hydroxylation is 2. The molecule has 0 radical (unpaired) electrons. The summed E-state index contributed by atoms with van der Waals surface area (Å²) in [6.45, 7) is 4.73. The van der Waals surface area contributed by atoms with Crippen LogP contribution in [0.5, 0.6) is 5.75 Å². The fourth-order valence-electron chi connectivity index (χ4n) is 4.17. The zero-order valence-electron chi connectivity index (χ0n) is 20.5. The molecule has 0 spiro atoms. The number of rotatable bonds is 10. The standard InChI is InChI=1S/C32H33NO2/c1-24-11-6-7-15-28(24)23-29-16-8-9-17-31(29)33-32(34)25(2)27-18-20-30(21-19-27)35-22-10-14-26-12-4-3-5-13-26/h3-9,11-13,15-21,25H,10,14,22-23H2,1-2H3,(H,33,34). The lowest BCUT2D eigenvalue weighted by Crippen LogP contribution is -2.19. The van der Waals surface area contributed by atoms with Gasteiger partial charge < -0.3 is 10.1 Å². The predicted molar refractivity (Wildman–Crippen MR) is 144 cm³/mol. The van der Waals surface area contributed by atoms with Crippen molar-refractivity contribution in [2.45, 2.75) is 39.0 Å². The molecular formula is C32H33NO2. The molecule has 1 atom stereocenters. The van der Waals surface area contributed by atoms with Crippen LogP contribution in [0.15, 0.2) is 103 Å². The Bertz CT molecular complexity index is 1230. The molecule has 0 saturated carbocycles. The average Bonchev–Trinajstić information content (AvgIpc) is 2.89. The summed E-state index contributed by atoms with van der Waals surface area (Å²) in [5, 5.41) is 3.15. The van der Waals surface area contributed by atoms with E-state index in [9.17, 15) is 4.79 Å². The van der Waals surface area contributed by atoms with E-state index in [1.807, 2.05) is 55.5 Å². The molecule has 35 heavy (non-hydrogen) atoms. The molecule has 1 N–H and O–H groups in total. The van der Waals surface area contributed by atoms with E-state index < -0.39 is 0 Å². The zero-order valence-corrected chi connectivity index (χ0v) is 20.5. The number of para-hydroxylation sites is 1. The zero-order chi connectivity index (χ0) is 24.5. The summed E-state index contributed by atoms with van der Waals surface area (Å²) in [6.07, 6.45) is 2.75. The first-order valence-corrected chi connectivity index (χ1v) is 12.3. The van der Waals surface area contributed by atoms with Crippen molar-refractivity contribution in [2.75, 3.05) is 11.9 Å². The first-order valence-electron chi connectivity index (χ1n) is 12.3. The smallest absolute Gasteiger partial charge is 0.231 e. The summed E-state index contributed by atoms with van der Waals surface area (Å²) in [6, 6.07) is 34.7. The lowest BCUT2D eigenvalue weighted by atomic mass is 9.98. The number of carbonyl (C=O) groups is 1. The van der Waals surface area contributed by atoms with E-state index >= 15 is 0 Å². The molecule has 0 aromatic heterocycles. The Kier molecular flexibility index (Phi) is 8.34. The largest absolute Gasteiger partial charge is 0.494 e. The average molecular weight is 464 g/mol. The third-order valence-electron chi connectivity index (χ3n) is 6.41. The number of carbonyl (C=O) groups excluding carboxylic acids is 1. The van der Waals surface area contributed by atoms with Crippen LogP contribution in [-0.2, 0) is 17.6 Å². The number of amides is 1. The van der Waals surface area contributed by atoms with Crippen molar-refractivity contribution in [3.05, 3.63) is 131 Å². The highest BCUT2D eigenvalue weighted by atomic mass is 16.5. The molecule has 178 valence electrons. The van der Waals surface area contributed by atoms with E-state index in [-0.39, 0.29) is 11.8 Å². The number of anilines is 1. The summed E-state index contributed by atoms with van der Waals surface area (Å²) < 4.78 is 5.90. The van der Waals surface area contributed by atoms with Crippen molar-refractivity contribution in [3.8, 4) is 5.75 Å². The summed E-state index contributed by atoms with van der Waals surface area (Å²) in [5.74, 6) is 0.547. The Hall–Kier alpha value is -3.85. The van der Waals surface area contributed by atoms with E-state index in [1.165, 1.54) is 16.7 Å². The van der Waals surface area contributed by atoms with E-state index in [4.69, 9.17) is 4.74 Å². The van der Waals surface area contributed by atoms with Gasteiger partial charge in [-0.25, -0.2) is 0 Å². The van der Waals surface area contributed by atoms with Gasteiger partial charge >= 0.3 is 0 Å². The minimum absolute atomic E-state index is 0.0150. The summed E-state index contributed by atoms with van der Waals surface area (Å²) in [5.41, 5.74) is 6.79. The van der Waals surface area contributed by atoms with E-state index in [0.29, 0.717) is 6.61 Å². The van der Waals surface area contributed by atoms with Gasteiger partial charge in [0.1, 0.15) is 5.75 Å². The number of hydrogen-bond acceptors (Lipinski definition) is 2. The second-order valence-electron chi connectivity index (χ2n) is 8.98. The van der Waals surface area contributed by atoms with Gasteiger partial charge in [-0.3, -0.25) is 4.79 Å². The molecule has 0 heterocycles. The minimum atomic E-state index is -0.270. The molecule has 3 nitrogen and oxygen atoms in total. The normalized spacial score (nSPS) is 11.6. The van der Waals surface area contributed by atoms with Gasteiger partial charge in [-0.05, 0) is 79.1 Å². The first-order chi connectivity index (χ1) is 17.1. The van der Waals surface area contributed by atoms with Crippen LogP contribution in [0.3, 0.4) is 0 Å². The molecule has 1 amide bonds. The quantitative estimate of drug-likeness (QED) is 0.250. The second kappa shape index (κ2) is 12.0. The van der Waals surface area contributed by atoms with Crippen LogP contribution >= 0.6 is 0 Å². The van der Waals surface area contributed by atoms with E-state index in [0.717, 1.165) is 41.8 Å². The van der Waals surface area contributed by atoms with Gasteiger partial charge in [0.2, 0.25) is 5.91 Å². The second-order valence-corrected chi connectivity index (χ2v) is 8.98. The van der Waals surface area contributed by atoms with Crippen molar-refractivity contribution in [1.29, 1.82) is 0 Å². The maximum Gasteiger partial charge on any atom is 0.231 e. The molecule has 0 aliphatic rings. The van der Waals surface area contributed by atoms with Crippen molar-refractivity contribution >= 4 is 11.6 Å². The molecule has 4 aromatic rings. The molecule has 0 aliphatic heterocycles. The van der Waals surface area contributed by atoms with Crippen LogP contribution in [0.2, 0.25) is 0 Å². The van der Waals surface area contributed by atoms with Gasteiger partial charge in [0.25, 0.3) is 0 Å². The maximum absolute atomic E-state index is 13.1. The third-order valence-corrected chi connectivity index (χ3v) is 6.41. The molecule has 3 heteroatoms. The minimum Gasteiger partial charge on any atom is -0.494 e. The lowest BCUT2D eigenvalue weighted by Gasteiger charge is -2.16. The van der Waals surface area contributed by atoms with E-state index in [1.54, 1.807) is 0 Å². The van der Waals surface area contributed by atoms with Gasteiger partial charge in [0.05, 0.1) is 12.5 Å². The number of nitrogens with one attached hydrogen (secondary N) is 1. The first kappa shape index (κ1) is 24.3. The number of benzene rings is 4. The predicted octanol–water partition coefficient (Wildman–Crippen LogP) is 7.34. The topological polar surface area (TPSA) is 38.3 Å². The molecule has 0 bridgehead atoms. The van der Waals surface area contributed by atoms with Crippen molar-refractivity contribution in [1.82, 2.24) is 0 Å². The van der Waals surface area contributed by atoms with E-state index in [2.05, 4.69) is 66.8 Å². The molecule has 0 fully saturated rings. The molecule has 1 unspecified atom stereocenters. The van der Waals surface area contributed by atoms with Crippen LogP contribution in [0.4, 0.5) is 5.69 Å². The molecule has 0 aliphatic carbocycles. The summed E-state index contributed by atoms with van der Waals surface area (Å²) in [4.78, 5) is 13.1.